The van der Waals surface area contributed by atoms with Crippen LogP contribution in [-0.4, -0.2) is 36.9 Å². The predicted octanol–water partition coefficient (Wildman–Crippen LogP) is 2.25. The van der Waals surface area contributed by atoms with E-state index in [1.165, 1.54) is 0 Å². The van der Waals surface area contributed by atoms with Crippen molar-refractivity contribution >= 4 is 17.7 Å². The Balaban J connectivity index is 2.67. The zero-order valence-electron chi connectivity index (χ0n) is 12.4. The van der Waals surface area contributed by atoms with Gasteiger partial charge in [-0.15, -0.1) is 0 Å². The third-order valence-corrected chi connectivity index (χ3v) is 3.02. The molecular weight excluding hydrogens is 272 g/mol. The van der Waals surface area contributed by atoms with E-state index in [-0.39, 0.29) is 0 Å². The van der Waals surface area contributed by atoms with Crippen LogP contribution in [0.2, 0.25) is 0 Å². The van der Waals surface area contributed by atoms with Crippen LogP contribution in [0.3, 0.4) is 0 Å². The number of ether oxygens (including phenoxy) is 1. The molecule has 0 unspecified atom stereocenters. The highest BCUT2D eigenvalue weighted by atomic mass is 16.5. The Kier molecular flexibility index (Phi) is 7.25. The van der Waals surface area contributed by atoms with Crippen LogP contribution in [0.4, 0.5) is 10.5 Å². The van der Waals surface area contributed by atoms with Gasteiger partial charge in [0.05, 0.1) is 6.61 Å². The molecule has 3 N–H and O–H groups in total. The zero-order chi connectivity index (χ0) is 15.7. The van der Waals surface area contributed by atoms with Crippen molar-refractivity contribution in [2.75, 3.05) is 19.0 Å². The first-order valence-electron chi connectivity index (χ1n) is 6.95. The first-order chi connectivity index (χ1) is 10.1. The number of anilines is 1. The molecule has 0 spiro atoms. The van der Waals surface area contributed by atoms with Gasteiger partial charge in [-0.05, 0) is 24.5 Å². The minimum absolute atomic E-state index is 0.397. The van der Waals surface area contributed by atoms with Gasteiger partial charge in [0.2, 0.25) is 0 Å². The molecule has 0 fully saturated rings. The Labute approximate surface area is 124 Å². The number of nitrogens with one attached hydrogen (secondary N) is 2. The van der Waals surface area contributed by atoms with Crippen molar-refractivity contribution in [2.45, 2.75) is 32.2 Å². The van der Waals surface area contributed by atoms with Gasteiger partial charge in [0.15, 0.2) is 0 Å². The van der Waals surface area contributed by atoms with E-state index in [4.69, 9.17) is 9.84 Å². The summed E-state index contributed by atoms with van der Waals surface area (Å²) < 4.78 is 5.03. The van der Waals surface area contributed by atoms with Gasteiger partial charge in [0.25, 0.3) is 0 Å². The third kappa shape index (κ3) is 5.83. The molecule has 1 aromatic carbocycles. The van der Waals surface area contributed by atoms with E-state index in [0.29, 0.717) is 31.6 Å². The van der Waals surface area contributed by atoms with Crippen LogP contribution in [-0.2, 0) is 16.0 Å². The maximum atomic E-state index is 11.9. The highest BCUT2D eigenvalue weighted by Crippen LogP contribution is 2.15. The van der Waals surface area contributed by atoms with Crippen molar-refractivity contribution in [3.63, 3.8) is 0 Å². The summed E-state index contributed by atoms with van der Waals surface area (Å²) in [5, 5.41) is 14.2. The first kappa shape index (κ1) is 17.0. The molecule has 6 heteroatoms. The second kappa shape index (κ2) is 8.97. The summed E-state index contributed by atoms with van der Waals surface area (Å²) >= 11 is 0. The van der Waals surface area contributed by atoms with E-state index in [2.05, 4.69) is 10.6 Å². The largest absolute Gasteiger partial charge is 0.480 e. The van der Waals surface area contributed by atoms with Crippen LogP contribution in [0.5, 0.6) is 0 Å². The standard InChI is InChI=1S/C15H22N2O4/c1-3-6-13(14(18)19)17-15(20)16-12-8-5-4-7-11(12)9-10-21-2/h4-5,7-8,13H,3,6,9-10H2,1-2H3,(H,18,19)(H2,16,17,20)/t13-/m1/s1. The lowest BCUT2D eigenvalue weighted by molar-refractivity contribution is -0.139. The fourth-order valence-electron chi connectivity index (χ4n) is 1.93. The molecule has 0 aromatic heterocycles. The molecule has 0 radical (unpaired) electrons. The van der Waals surface area contributed by atoms with Gasteiger partial charge in [0, 0.05) is 12.8 Å². The molecule has 0 aliphatic rings. The molecule has 1 rings (SSSR count). The molecule has 1 atom stereocenters. The Morgan fingerprint density at radius 3 is 2.67 bits per heavy atom. The normalized spacial score (nSPS) is 11.7. The van der Waals surface area contributed by atoms with Crippen LogP contribution in [0, 0.1) is 0 Å². The number of carbonyl (C=O) groups is 2. The summed E-state index contributed by atoms with van der Waals surface area (Å²) in [6.07, 6.45) is 1.75. The van der Waals surface area contributed by atoms with Crippen LogP contribution in [0.1, 0.15) is 25.3 Å². The number of carboxylic acid groups (broad SMARTS) is 1. The SMILES string of the molecule is CCC[C@@H](NC(=O)Nc1ccccc1CCOC)C(=O)O. The van der Waals surface area contributed by atoms with E-state index in [9.17, 15) is 9.59 Å². The van der Waals surface area contributed by atoms with E-state index in [1.807, 2.05) is 25.1 Å². The van der Waals surface area contributed by atoms with E-state index in [0.717, 1.165) is 5.56 Å². The van der Waals surface area contributed by atoms with Gasteiger partial charge in [-0.1, -0.05) is 31.5 Å². The number of urea groups is 1. The molecule has 0 saturated heterocycles. The summed E-state index contributed by atoms with van der Waals surface area (Å²) in [6, 6.07) is 5.98. The van der Waals surface area contributed by atoms with E-state index < -0.39 is 18.0 Å². The maximum Gasteiger partial charge on any atom is 0.326 e. The molecule has 0 heterocycles. The molecular formula is C15H22N2O4. The molecule has 0 aliphatic heterocycles. The number of benzene rings is 1. The van der Waals surface area contributed by atoms with Crippen LogP contribution in [0.15, 0.2) is 24.3 Å². The lowest BCUT2D eigenvalue weighted by Gasteiger charge is -2.16. The van der Waals surface area contributed by atoms with E-state index in [1.54, 1.807) is 13.2 Å². The summed E-state index contributed by atoms with van der Waals surface area (Å²) in [4.78, 5) is 22.9. The number of amides is 2. The molecule has 0 saturated carbocycles. The summed E-state index contributed by atoms with van der Waals surface area (Å²) in [6.45, 7) is 2.42. The van der Waals surface area contributed by atoms with Crippen molar-refractivity contribution in [2.24, 2.45) is 0 Å². The predicted molar refractivity (Wildman–Crippen MR) is 80.5 cm³/mol. The number of hydrogen-bond acceptors (Lipinski definition) is 3. The molecule has 21 heavy (non-hydrogen) atoms. The van der Waals surface area contributed by atoms with Gasteiger partial charge < -0.3 is 20.5 Å². The van der Waals surface area contributed by atoms with Gasteiger partial charge in [0.1, 0.15) is 6.04 Å². The Hall–Kier alpha value is -2.08. The summed E-state index contributed by atoms with van der Waals surface area (Å²) in [5.41, 5.74) is 1.60. The average Bonchev–Trinajstić information content (AvgIpc) is 2.45. The second-order valence-corrected chi connectivity index (χ2v) is 4.68. The molecule has 1 aromatic rings. The number of hydrogen-bond donors (Lipinski definition) is 3. The Morgan fingerprint density at radius 1 is 1.33 bits per heavy atom. The second-order valence-electron chi connectivity index (χ2n) is 4.68. The maximum absolute atomic E-state index is 11.9. The van der Waals surface area contributed by atoms with Crippen LogP contribution < -0.4 is 10.6 Å². The van der Waals surface area contributed by atoms with Crippen molar-refractivity contribution in [1.29, 1.82) is 0 Å². The lowest BCUT2D eigenvalue weighted by atomic mass is 10.1. The number of methoxy groups -OCH3 is 1. The van der Waals surface area contributed by atoms with Crippen LogP contribution in [0.25, 0.3) is 0 Å². The van der Waals surface area contributed by atoms with Gasteiger partial charge in [-0.3, -0.25) is 0 Å². The molecule has 0 bridgehead atoms. The number of para-hydroxylation sites is 1. The van der Waals surface area contributed by atoms with Gasteiger partial charge in [-0.2, -0.15) is 0 Å². The summed E-state index contributed by atoms with van der Waals surface area (Å²) in [7, 11) is 1.62. The minimum atomic E-state index is -1.03. The third-order valence-electron chi connectivity index (χ3n) is 3.02. The smallest absolute Gasteiger partial charge is 0.326 e. The highest BCUT2D eigenvalue weighted by molar-refractivity contribution is 5.92. The molecule has 6 nitrogen and oxygen atoms in total. The topological polar surface area (TPSA) is 87.7 Å². The van der Waals surface area contributed by atoms with Gasteiger partial charge >= 0.3 is 12.0 Å². The van der Waals surface area contributed by atoms with Crippen LogP contribution >= 0.6 is 0 Å². The highest BCUT2D eigenvalue weighted by Gasteiger charge is 2.19. The summed E-state index contributed by atoms with van der Waals surface area (Å²) in [5.74, 6) is -1.03. The minimum Gasteiger partial charge on any atom is -0.480 e. The molecule has 116 valence electrons. The Morgan fingerprint density at radius 2 is 2.05 bits per heavy atom. The monoisotopic (exact) mass is 294 g/mol. The zero-order valence-corrected chi connectivity index (χ0v) is 12.4. The first-order valence-corrected chi connectivity index (χ1v) is 6.95. The molecule has 2 amide bonds. The van der Waals surface area contributed by atoms with Crippen molar-refractivity contribution < 1.29 is 19.4 Å². The number of carbonyl (C=O) groups excluding carboxylic acids is 1. The lowest BCUT2D eigenvalue weighted by Crippen LogP contribution is -2.43. The number of aliphatic carboxylic acids is 1. The van der Waals surface area contributed by atoms with Crippen molar-refractivity contribution in [1.82, 2.24) is 5.32 Å². The Bertz CT molecular complexity index is 476. The van der Waals surface area contributed by atoms with E-state index >= 15 is 0 Å². The number of carboxylic acids is 1. The average molecular weight is 294 g/mol. The number of rotatable bonds is 8. The molecule has 0 aliphatic carbocycles. The fraction of sp³-hybridized carbons (Fsp3) is 0.467. The van der Waals surface area contributed by atoms with Gasteiger partial charge in [-0.25, -0.2) is 9.59 Å². The van der Waals surface area contributed by atoms with Crippen molar-refractivity contribution in [3.8, 4) is 0 Å². The fourth-order valence-corrected chi connectivity index (χ4v) is 1.93. The van der Waals surface area contributed by atoms with Crippen molar-refractivity contribution in [3.05, 3.63) is 29.8 Å². The quantitative estimate of drug-likeness (QED) is 0.686.